The van der Waals surface area contributed by atoms with Crippen LogP contribution in [0.15, 0.2) is 0 Å². The standard InChI is InChI=1S/C8H15BrOS/c1-6(10-2)3-7-4-11-5-8(7)9/h6-8H,3-5H2,1-2H3. The van der Waals surface area contributed by atoms with E-state index in [4.69, 9.17) is 4.74 Å². The number of thioether (sulfide) groups is 1. The summed E-state index contributed by atoms with van der Waals surface area (Å²) < 4.78 is 5.23. The molecule has 0 saturated carbocycles. The average molecular weight is 239 g/mol. The Bertz CT molecular complexity index is 121. The van der Waals surface area contributed by atoms with Crippen LogP contribution in [-0.4, -0.2) is 29.5 Å². The molecule has 3 atom stereocenters. The molecule has 3 heteroatoms. The lowest BCUT2D eigenvalue weighted by molar-refractivity contribution is 0.0991. The molecule has 1 fully saturated rings. The lowest BCUT2D eigenvalue weighted by Crippen LogP contribution is -2.18. The third-order valence-corrected chi connectivity index (χ3v) is 4.92. The normalized spacial score (nSPS) is 34.1. The van der Waals surface area contributed by atoms with Crippen molar-refractivity contribution in [1.29, 1.82) is 0 Å². The highest BCUT2D eigenvalue weighted by Crippen LogP contribution is 2.33. The molecule has 1 aliphatic heterocycles. The molecule has 0 spiro atoms. The van der Waals surface area contributed by atoms with E-state index in [1.165, 1.54) is 17.9 Å². The fourth-order valence-electron chi connectivity index (χ4n) is 1.31. The van der Waals surface area contributed by atoms with E-state index >= 15 is 0 Å². The highest BCUT2D eigenvalue weighted by molar-refractivity contribution is 9.09. The van der Waals surface area contributed by atoms with Gasteiger partial charge < -0.3 is 4.74 Å². The minimum Gasteiger partial charge on any atom is -0.382 e. The molecule has 0 aromatic carbocycles. The van der Waals surface area contributed by atoms with Crippen LogP contribution in [0.3, 0.4) is 0 Å². The molecule has 1 saturated heterocycles. The molecule has 0 amide bonds. The van der Waals surface area contributed by atoms with E-state index in [-0.39, 0.29) is 0 Å². The van der Waals surface area contributed by atoms with Crippen LogP contribution in [0.4, 0.5) is 0 Å². The Balaban J connectivity index is 2.24. The molecule has 0 bridgehead atoms. The van der Waals surface area contributed by atoms with Crippen LogP contribution in [0.25, 0.3) is 0 Å². The minimum absolute atomic E-state index is 0.416. The summed E-state index contributed by atoms with van der Waals surface area (Å²) >= 11 is 5.73. The number of hydrogen-bond acceptors (Lipinski definition) is 2. The zero-order valence-electron chi connectivity index (χ0n) is 7.05. The highest BCUT2D eigenvalue weighted by atomic mass is 79.9. The van der Waals surface area contributed by atoms with Crippen molar-refractivity contribution in [3.63, 3.8) is 0 Å². The maximum absolute atomic E-state index is 5.23. The van der Waals surface area contributed by atoms with Crippen molar-refractivity contribution in [2.75, 3.05) is 18.6 Å². The van der Waals surface area contributed by atoms with Gasteiger partial charge in [0.25, 0.3) is 0 Å². The first-order valence-electron chi connectivity index (χ1n) is 3.98. The van der Waals surface area contributed by atoms with E-state index in [1.54, 1.807) is 7.11 Å². The molecule has 0 aliphatic carbocycles. The van der Waals surface area contributed by atoms with Crippen LogP contribution in [-0.2, 0) is 4.74 Å². The van der Waals surface area contributed by atoms with E-state index in [0.29, 0.717) is 10.9 Å². The predicted octanol–water partition coefficient (Wildman–Crippen LogP) is 2.54. The smallest absolute Gasteiger partial charge is 0.0546 e. The Morgan fingerprint density at radius 3 is 2.82 bits per heavy atom. The van der Waals surface area contributed by atoms with Crippen LogP contribution >= 0.6 is 27.7 Å². The molecule has 66 valence electrons. The number of halogens is 1. The first kappa shape index (κ1) is 9.87. The van der Waals surface area contributed by atoms with E-state index < -0.39 is 0 Å². The second-order valence-corrected chi connectivity index (χ2v) is 5.35. The maximum Gasteiger partial charge on any atom is 0.0546 e. The lowest BCUT2D eigenvalue weighted by atomic mass is 10.0. The van der Waals surface area contributed by atoms with Gasteiger partial charge in [-0.2, -0.15) is 11.8 Å². The summed E-state index contributed by atoms with van der Waals surface area (Å²) in [4.78, 5) is 0.713. The van der Waals surface area contributed by atoms with Gasteiger partial charge in [0.1, 0.15) is 0 Å². The molecule has 1 heterocycles. The van der Waals surface area contributed by atoms with E-state index in [0.717, 1.165) is 5.92 Å². The summed E-state index contributed by atoms with van der Waals surface area (Å²) in [7, 11) is 1.79. The Morgan fingerprint density at radius 2 is 2.36 bits per heavy atom. The number of rotatable bonds is 3. The monoisotopic (exact) mass is 238 g/mol. The van der Waals surface area contributed by atoms with Gasteiger partial charge in [0.05, 0.1) is 6.10 Å². The minimum atomic E-state index is 0.416. The summed E-state index contributed by atoms with van der Waals surface area (Å²) in [6, 6.07) is 0. The molecule has 1 rings (SSSR count). The molecular weight excluding hydrogens is 224 g/mol. The van der Waals surface area contributed by atoms with Gasteiger partial charge in [-0.1, -0.05) is 15.9 Å². The number of alkyl halides is 1. The van der Waals surface area contributed by atoms with Gasteiger partial charge >= 0.3 is 0 Å². The Morgan fingerprint density at radius 1 is 1.64 bits per heavy atom. The van der Waals surface area contributed by atoms with Crippen LogP contribution in [0.2, 0.25) is 0 Å². The molecule has 3 unspecified atom stereocenters. The van der Waals surface area contributed by atoms with Crippen LogP contribution in [0, 0.1) is 5.92 Å². The third-order valence-electron chi connectivity index (χ3n) is 2.16. The summed E-state index contributed by atoms with van der Waals surface area (Å²) in [5.74, 6) is 3.38. The van der Waals surface area contributed by atoms with Gasteiger partial charge in [0.2, 0.25) is 0 Å². The molecule has 0 radical (unpaired) electrons. The molecular formula is C8H15BrOS. The van der Waals surface area contributed by atoms with Gasteiger partial charge in [-0.3, -0.25) is 0 Å². The highest BCUT2D eigenvalue weighted by Gasteiger charge is 2.26. The van der Waals surface area contributed by atoms with Crippen LogP contribution in [0.1, 0.15) is 13.3 Å². The van der Waals surface area contributed by atoms with E-state index in [2.05, 4.69) is 22.9 Å². The zero-order chi connectivity index (χ0) is 8.27. The van der Waals surface area contributed by atoms with Gasteiger partial charge in [0.15, 0.2) is 0 Å². The molecule has 11 heavy (non-hydrogen) atoms. The van der Waals surface area contributed by atoms with Crippen molar-refractivity contribution in [2.24, 2.45) is 5.92 Å². The van der Waals surface area contributed by atoms with Crippen molar-refractivity contribution >= 4 is 27.7 Å². The van der Waals surface area contributed by atoms with Gasteiger partial charge in [-0.05, 0) is 25.0 Å². The van der Waals surface area contributed by atoms with Crippen molar-refractivity contribution in [3.05, 3.63) is 0 Å². The zero-order valence-corrected chi connectivity index (χ0v) is 9.45. The Kier molecular flexibility index (Phi) is 4.24. The number of methoxy groups -OCH3 is 1. The van der Waals surface area contributed by atoms with E-state index in [1.807, 2.05) is 11.8 Å². The molecule has 0 aromatic rings. The quantitative estimate of drug-likeness (QED) is 0.700. The lowest BCUT2D eigenvalue weighted by Gasteiger charge is -2.16. The third kappa shape index (κ3) is 2.96. The second kappa shape index (κ2) is 4.73. The summed E-state index contributed by atoms with van der Waals surface area (Å²) in [6.07, 6.45) is 1.61. The first-order chi connectivity index (χ1) is 5.24. The molecule has 1 aliphatic rings. The molecule has 1 nitrogen and oxygen atoms in total. The van der Waals surface area contributed by atoms with Gasteiger partial charge in [-0.25, -0.2) is 0 Å². The maximum atomic E-state index is 5.23. The van der Waals surface area contributed by atoms with E-state index in [9.17, 15) is 0 Å². The molecule has 0 aromatic heterocycles. The average Bonchev–Trinajstić information content (AvgIpc) is 2.37. The van der Waals surface area contributed by atoms with Crippen molar-refractivity contribution in [3.8, 4) is 0 Å². The van der Waals surface area contributed by atoms with Crippen molar-refractivity contribution in [2.45, 2.75) is 24.3 Å². The first-order valence-corrected chi connectivity index (χ1v) is 6.05. The fraction of sp³-hybridized carbons (Fsp3) is 1.00. The van der Waals surface area contributed by atoms with Crippen LogP contribution < -0.4 is 0 Å². The number of ether oxygens (including phenoxy) is 1. The predicted molar refractivity (Wildman–Crippen MR) is 54.6 cm³/mol. The fourth-order valence-corrected chi connectivity index (χ4v) is 3.83. The van der Waals surface area contributed by atoms with Gasteiger partial charge in [0, 0.05) is 17.7 Å². The Hall–Kier alpha value is 0.790. The van der Waals surface area contributed by atoms with Crippen LogP contribution in [0.5, 0.6) is 0 Å². The summed E-state index contributed by atoms with van der Waals surface area (Å²) in [5.41, 5.74) is 0. The van der Waals surface area contributed by atoms with Gasteiger partial charge in [-0.15, -0.1) is 0 Å². The van der Waals surface area contributed by atoms with Crippen molar-refractivity contribution < 1.29 is 4.74 Å². The Labute approximate surface area is 81.4 Å². The second-order valence-electron chi connectivity index (χ2n) is 3.10. The number of hydrogen-bond donors (Lipinski definition) is 0. The summed E-state index contributed by atoms with van der Waals surface area (Å²) in [5, 5.41) is 0. The SMILES string of the molecule is COC(C)CC1CSCC1Br. The van der Waals surface area contributed by atoms with Crippen molar-refractivity contribution in [1.82, 2.24) is 0 Å². The summed E-state index contributed by atoms with van der Waals surface area (Å²) in [6.45, 7) is 2.14. The largest absolute Gasteiger partial charge is 0.382 e. The molecule has 0 N–H and O–H groups in total. The topological polar surface area (TPSA) is 9.23 Å².